The van der Waals surface area contributed by atoms with Gasteiger partial charge in [-0.2, -0.15) is 25.7 Å². The smallest absolute Gasteiger partial charge is 0.247 e. The van der Waals surface area contributed by atoms with Crippen LogP contribution < -0.4 is 15.5 Å². The van der Waals surface area contributed by atoms with Crippen molar-refractivity contribution in [2.75, 3.05) is 29.9 Å². The van der Waals surface area contributed by atoms with Crippen molar-refractivity contribution >= 4 is 28.8 Å². The van der Waals surface area contributed by atoms with Gasteiger partial charge in [-0.05, 0) is 62.6 Å². The summed E-state index contributed by atoms with van der Waals surface area (Å²) in [6, 6.07) is 9.15. The van der Waals surface area contributed by atoms with E-state index in [9.17, 15) is 15.3 Å². The van der Waals surface area contributed by atoms with Crippen molar-refractivity contribution in [3.05, 3.63) is 48.7 Å². The predicted octanol–water partition coefficient (Wildman–Crippen LogP) is 3.58. The van der Waals surface area contributed by atoms with Crippen LogP contribution in [0.2, 0.25) is 0 Å². The van der Waals surface area contributed by atoms with Crippen molar-refractivity contribution in [1.82, 2.24) is 39.5 Å². The summed E-state index contributed by atoms with van der Waals surface area (Å²) in [5, 5.41) is 39.3. The Labute approximate surface area is 261 Å². The number of hydrogen-bond donors (Lipinski definition) is 2. The van der Waals surface area contributed by atoms with Crippen LogP contribution in [-0.2, 0) is 23.3 Å². The first-order chi connectivity index (χ1) is 21.9. The van der Waals surface area contributed by atoms with Gasteiger partial charge in [0.05, 0.1) is 54.3 Å². The fourth-order valence-corrected chi connectivity index (χ4v) is 6.68. The van der Waals surface area contributed by atoms with Crippen molar-refractivity contribution in [2.24, 2.45) is 11.3 Å². The predicted molar refractivity (Wildman–Crippen MR) is 167 cm³/mol. The van der Waals surface area contributed by atoms with Crippen molar-refractivity contribution in [3.63, 3.8) is 0 Å². The lowest BCUT2D eigenvalue weighted by Crippen LogP contribution is -2.63. The number of aryl methyl sites for hydroxylation is 1. The molecule has 0 unspecified atom stereocenters. The van der Waals surface area contributed by atoms with Crippen LogP contribution in [0.3, 0.4) is 0 Å². The third-order valence-corrected chi connectivity index (χ3v) is 9.80. The number of nitriles is 2. The third kappa shape index (κ3) is 5.76. The molecule has 0 radical (unpaired) electrons. The molecule has 0 atom stereocenters. The van der Waals surface area contributed by atoms with E-state index < -0.39 is 0 Å². The monoisotopic (exact) mass is 606 g/mol. The third-order valence-electron chi connectivity index (χ3n) is 9.80. The number of anilines is 3. The van der Waals surface area contributed by atoms with Crippen molar-refractivity contribution in [2.45, 2.75) is 76.4 Å². The van der Waals surface area contributed by atoms with E-state index in [2.05, 4.69) is 49.9 Å². The van der Waals surface area contributed by atoms with Crippen LogP contribution in [-0.4, -0.2) is 65.6 Å². The molecular weight excluding hydrogens is 568 g/mol. The van der Waals surface area contributed by atoms with E-state index in [4.69, 9.17) is 4.98 Å². The Morgan fingerprint density at radius 3 is 2.64 bits per heavy atom. The van der Waals surface area contributed by atoms with Gasteiger partial charge in [0.1, 0.15) is 5.54 Å². The first kappa shape index (κ1) is 29.0. The zero-order chi connectivity index (χ0) is 31.0. The number of carbonyl (C=O) groups excluding carboxylic acids is 1. The second-order valence-corrected chi connectivity index (χ2v) is 13.0. The van der Waals surface area contributed by atoms with Gasteiger partial charge < -0.3 is 15.5 Å². The maximum atomic E-state index is 13.1. The van der Waals surface area contributed by atoms with Crippen LogP contribution in [0.4, 0.5) is 17.3 Å². The summed E-state index contributed by atoms with van der Waals surface area (Å²) in [5.41, 5.74) is 3.02. The lowest BCUT2D eigenvalue weighted by atomic mass is 9.83. The molecule has 2 N–H and O–H groups in total. The second kappa shape index (κ2) is 11.6. The molecule has 232 valence electrons. The zero-order valence-corrected chi connectivity index (χ0v) is 25.6. The first-order valence-electron chi connectivity index (χ1n) is 15.9. The number of nitrogens with one attached hydrogen (secondary N) is 2. The molecule has 0 amide bonds. The molecular formula is C32H38N12O. The van der Waals surface area contributed by atoms with Gasteiger partial charge in [-0.15, -0.1) is 5.10 Å². The Bertz CT molecular complexity index is 1770. The van der Waals surface area contributed by atoms with Crippen molar-refractivity contribution < 1.29 is 4.79 Å². The van der Waals surface area contributed by atoms with E-state index >= 15 is 0 Å². The van der Waals surface area contributed by atoms with Crippen LogP contribution in [0.25, 0.3) is 5.65 Å². The maximum Gasteiger partial charge on any atom is 0.247 e. The standard InChI is InChI=1S/C32H38N12O/c1-2-23-14-37-44(16-23)32(11-12-33)21-41(22-32)27-4-3-13-43-29(27)39-30(40-43)38-26-15-36-42(17-26)18-28(45)24-5-7-25(8-6-24)35-20-31(19-34)9-10-31/h3-4,13-17,24-25,35H,2,5-11,18,20-22H2,1H3,(H,38,40). The van der Waals surface area contributed by atoms with Gasteiger partial charge in [0.15, 0.2) is 11.4 Å². The average molecular weight is 607 g/mol. The Morgan fingerprint density at radius 1 is 1.11 bits per heavy atom. The molecule has 0 aromatic carbocycles. The number of nitrogens with zero attached hydrogens (tertiary/aromatic N) is 10. The Morgan fingerprint density at radius 2 is 1.93 bits per heavy atom. The largest absolute Gasteiger partial charge is 0.363 e. The maximum absolute atomic E-state index is 13.1. The minimum atomic E-state index is -0.365. The Balaban J connectivity index is 0.952. The number of aromatic nitrogens is 7. The van der Waals surface area contributed by atoms with E-state index in [0.29, 0.717) is 42.8 Å². The highest BCUT2D eigenvalue weighted by Crippen LogP contribution is 2.44. The Hall–Kier alpha value is -4.75. The van der Waals surface area contributed by atoms with E-state index in [0.717, 1.165) is 62.7 Å². The highest BCUT2D eigenvalue weighted by molar-refractivity contribution is 5.81. The molecule has 2 aliphatic carbocycles. The fourth-order valence-electron chi connectivity index (χ4n) is 6.68. The lowest BCUT2D eigenvalue weighted by Gasteiger charge is -2.50. The van der Waals surface area contributed by atoms with E-state index in [1.54, 1.807) is 15.4 Å². The molecule has 4 aromatic heterocycles. The van der Waals surface area contributed by atoms with Crippen LogP contribution in [0, 0.1) is 34.0 Å². The molecule has 5 heterocycles. The quantitative estimate of drug-likeness (QED) is 0.244. The van der Waals surface area contributed by atoms with Crippen LogP contribution >= 0.6 is 0 Å². The number of carbonyl (C=O) groups is 1. The molecule has 1 saturated heterocycles. The van der Waals surface area contributed by atoms with E-state index in [1.165, 1.54) is 0 Å². The van der Waals surface area contributed by atoms with Gasteiger partial charge in [-0.3, -0.25) is 14.2 Å². The molecule has 4 aromatic rings. The molecule has 3 fully saturated rings. The minimum absolute atomic E-state index is 0.0448. The highest BCUT2D eigenvalue weighted by atomic mass is 16.1. The average Bonchev–Trinajstić information content (AvgIpc) is 3.33. The molecule has 0 bridgehead atoms. The normalized spacial score (nSPS) is 21.5. The number of Topliss-reactive ketones (excluding diaryl/α,β-unsaturated/α-hetero) is 1. The number of ketones is 1. The van der Waals surface area contributed by atoms with E-state index in [-0.39, 0.29) is 29.2 Å². The van der Waals surface area contributed by atoms with Crippen molar-refractivity contribution in [3.8, 4) is 12.1 Å². The summed E-state index contributed by atoms with van der Waals surface area (Å²) < 4.78 is 5.37. The number of hydrogen-bond acceptors (Lipinski definition) is 10. The Kier molecular flexibility index (Phi) is 7.50. The number of pyridine rings is 1. The molecule has 13 heteroatoms. The second-order valence-electron chi connectivity index (χ2n) is 13.0. The summed E-state index contributed by atoms with van der Waals surface area (Å²) >= 11 is 0. The molecule has 0 spiro atoms. The van der Waals surface area contributed by atoms with Gasteiger partial charge in [-0.25, -0.2) is 4.52 Å². The van der Waals surface area contributed by atoms with Gasteiger partial charge in [-0.1, -0.05) is 6.92 Å². The highest BCUT2D eigenvalue weighted by Gasteiger charge is 2.46. The minimum Gasteiger partial charge on any atom is -0.363 e. The molecule has 1 aliphatic heterocycles. The summed E-state index contributed by atoms with van der Waals surface area (Å²) in [6.45, 7) is 4.41. The summed E-state index contributed by atoms with van der Waals surface area (Å²) in [5.74, 6) is 0.688. The molecule has 2 saturated carbocycles. The van der Waals surface area contributed by atoms with Gasteiger partial charge >= 0.3 is 0 Å². The SMILES string of the molecule is CCc1cnn(C2(CC#N)CN(c3cccn4nc(Nc5cnn(CC(=O)C6CCC(NCC7(C#N)CC7)CC6)c5)nc34)C2)c1. The van der Waals surface area contributed by atoms with Crippen LogP contribution in [0.1, 0.15) is 57.4 Å². The van der Waals surface area contributed by atoms with Gasteiger partial charge in [0.2, 0.25) is 5.95 Å². The van der Waals surface area contributed by atoms with E-state index in [1.807, 2.05) is 41.6 Å². The molecule has 3 aliphatic rings. The van der Waals surface area contributed by atoms with Gasteiger partial charge in [0.25, 0.3) is 0 Å². The lowest BCUT2D eigenvalue weighted by molar-refractivity contribution is -0.124. The molecule has 13 nitrogen and oxygen atoms in total. The summed E-state index contributed by atoms with van der Waals surface area (Å²) in [6.07, 6.45) is 16.2. The number of rotatable bonds is 12. The van der Waals surface area contributed by atoms with Gasteiger partial charge in [0, 0.05) is 50.2 Å². The molecule has 45 heavy (non-hydrogen) atoms. The summed E-state index contributed by atoms with van der Waals surface area (Å²) in [4.78, 5) is 20.0. The zero-order valence-electron chi connectivity index (χ0n) is 25.6. The topological polar surface area (TPSA) is 158 Å². The molecule has 7 rings (SSSR count). The first-order valence-corrected chi connectivity index (χ1v) is 15.9. The summed E-state index contributed by atoms with van der Waals surface area (Å²) in [7, 11) is 0. The number of fused-ring (bicyclic) bond motifs is 1. The van der Waals surface area contributed by atoms with Crippen LogP contribution in [0.5, 0.6) is 0 Å². The fraction of sp³-hybridized carbons (Fsp3) is 0.531. The van der Waals surface area contributed by atoms with Crippen molar-refractivity contribution in [1.29, 1.82) is 10.5 Å². The van der Waals surface area contributed by atoms with Crippen LogP contribution in [0.15, 0.2) is 43.1 Å².